The third-order valence-electron chi connectivity index (χ3n) is 4.32. The highest BCUT2D eigenvalue weighted by molar-refractivity contribution is 5.78. The van der Waals surface area contributed by atoms with Crippen molar-refractivity contribution in [2.24, 2.45) is 17.3 Å². The summed E-state index contributed by atoms with van der Waals surface area (Å²) in [5, 5.41) is 11.6. The molecule has 4 heteroatoms. The maximum atomic E-state index is 12.1. The molecule has 4 nitrogen and oxygen atoms in total. The van der Waals surface area contributed by atoms with E-state index in [4.69, 9.17) is 9.84 Å². The molecular weight excluding hydrogens is 254 g/mol. The van der Waals surface area contributed by atoms with Crippen molar-refractivity contribution in [2.75, 3.05) is 26.4 Å². The van der Waals surface area contributed by atoms with Crippen molar-refractivity contribution < 1.29 is 14.6 Å². The molecular formula is C16H31NO3. The van der Waals surface area contributed by atoms with E-state index in [1.54, 1.807) is 0 Å². The first kappa shape index (κ1) is 17.4. The van der Waals surface area contributed by atoms with Gasteiger partial charge in [-0.15, -0.1) is 0 Å². The molecule has 0 saturated heterocycles. The van der Waals surface area contributed by atoms with Gasteiger partial charge in [-0.05, 0) is 43.4 Å². The third-order valence-corrected chi connectivity index (χ3v) is 4.32. The Kier molecular flexibility index (Phi) is 7.52. The topological polar surface area (TPSA) is 58.6 Å². The second kappa shape index (κ2) is 8.63. The Morgan fingerprint density at radius 2 is 1.85 bits per heavy atom. The van der Waals surface area contributed by atoms with Gasteiger partial charge in [-0.3, -0.25) is 4.79 Å². The van der Waals surface area contributed by atoms with Crippen LogP contribution < -0.4 is 5.32 Å². The maximum Gasteiger partial charge on any atom is 0.223 e. The molecule has 0 aromatic carbocycles. The van der Waals surface area contributed by atoms with E-state index in [2.05, 4.69) is 26.1 Å². The van der Waals surface area contributed by atoms with Crippen molar-refractivity contribution in [1.82, 2.24) is 5.32 Å². The fourth-order valence-corrected chi connectivity index (χ4v) is 2.92. The van der Waals surface area contributed by atoms with Gasteiger partial charge in [0.2, 0.25) is 5.91 Å². The molecule has 1 aliphatic rings. The lowest BCUT2D eigenvalue weighted by atomic mass is 9.69. The molecule has 0 heterocycles. The van der Waals surface area contributed by atoms with E-state index in [9.17, 15) is 4.79 Å². The number of carbonyl (C=O) groups excluding carboxylic acids is 1. The molecule has 0 spiro atoms. The van der Waals surface area contributed by atoms with Crippen molar-refractivity contribution in [3.63, 3.8) is 0 Å². The predicted octanol–water partition coefficient (Wildman–Crippen LogP) is 2.35. The van der Waals surface area contributed by atoms with Crippen LogP contribution in [0, 0.1) is 17.3 Å². The number of aliphatic hydroxyl groups is 1. The normalized spacial score (nSPS) is 23.6. The number of rotatable bonds is 7. The van der Waals surface area contributed by atoms with E-state index in [0.717, 1.165) is 25.2 Å². The smallest absolute Gasteiger partial charge is 0.223 e. The Bertz CT molecular complexity index is 278. The van der Waals surface area contributed by atoms with E-state index in [1.807, 2.05) is 0 Å². The van der Waals surface area contributed by atoms with Crippen LogP contribution in [0.4, 0.5) is 0 Å². The van der Waals surface area contributed by atoms with Crippen molar-refractivity contribution >= 4 is 5.91 Å². The van der Waals surface area contributed by atoms with Gasteiger partial charge in [0.15, 0.2) is 0 Å². The zero-order valence-electron chi connectivity index (χ0n) is 13.3. The molecule has 1 saturated carbocycles. The van der Waals surface area contributed by atoms with E-state index >= 15 is 0 Å². The maximum absolute atomic E-state index is 12.1. The summed E-state index contributed by atoms with van der Waals surface area (Å²) in [5.41, 5.74) is 0.367. The fourth-order valence-electron chi connectivity index (χ4n) is 2.92. The van der Waals surface area contributed by atoms with Crippen LogP contribution in [0.25, 0.3) is 0 Å². The molecule has 0 aromatic rings. The largest absolute Gasteiger partial charge is 0.394 e. The lowest BCUT2D eigenvalue weighted by Gasteiger charge is -2.36. The minimum absolute atomic E-state index is 0.0589. The number of carbonyl (C=O) groups is 1. The summed E-state index contributed by atoms with van der Waals surface area (Å²) in [5.74, 6) is 1.16. The summed E-state index contributed by atoms with van der Waals surface area (Å²) in [6, 6.07) is 0. The molecule has 118 valence electrons. The average molecular weight is 285 g/mol. The standard InChI is InChI=1S/C16H31NO3/c1-16(2,3)14-7-5-13(6-8-14)15(19)17-9-4-11-20-12-10-18/h13-14,18H,4-12H2,1-3H3,(H,17,19). The van der Waals surface area contributed by atoms with Crippen molar-refractivity contribution in [2.45, 2.75) is 52.9 Å². The summed E-state index contributed by atoms with van der Waals surface area (Å²) >= 11 is 0. The first-order chi connectivity index (χ1) is 9.45. The fraction of sp³-hybridized carbons (Fsp3) is 0.938. The van der Waals surface area contributed by atoms with E-state index < -0.39 is 0 Å². The molecule has 0 atom stereocenters. The van der Waals surface area contributed by atoms with Crippen LogP contribution in [-0.4, -0.2) is 37.4 Å². The summed E-state index contributed by atoms with van der Waals surface area (Å²) < 4.78 is 5.16. The van der Waals surface area contributed by atoms with Crippen LogP contribution in [-0.2, 0) is 9.53 Å². The summed E-state index contributed by atoms with van der Waals surface area (Å²) in [6.07, 6.45) is 5.19. The first-order valence-electron chi connectivity index (χ1n) is 7.91. The van der Waals surface area contributed by atoms with Crippen molar-refractivity contribution in [3.8, 4) is 0 Å². The van der Waals surface area contributed by atoms with Gasteiger partial charge >= 0.3 is 0 Å². The minimum atomic E-state index is 0.0589. The van der Waals surface area contributed by atoms with Crippen LogP contribution in [0.5, 0.6) is 0 Å². The molecule has 1 fully saturated rings. The lowest BCUT2D eigenvalue weighted by Crippen LogP contribution is -2.36. The average Bonchev–Trinajstić information content (AvgIpc) is 2.41. The Hall–Kier alpha value is -0.610. The van der Waals surface area contributed by atoms with Gasteiger partial charge in [0.1, 0.15) is 0 Å². The SMILES string of the molecule is CC(C)(C)C1CCC(C(=O)NCCCOCCO)CC1. The van der Waals surface area contributed by atoms with Crippen LogP contribution in [0.1, 0.15) is 52.9 Å². The van der Waals surface area contributed by atoms with Crippen molar-refractivity contribution in [3.05, 3.63) is 0 Å². The van der Waals surface area contributed by atoms with E-state index in [0.29, 0.717) is 25.2 Å². The number of aliphatic hydroxyl groups excluding tert-OH is 1. The number of amides is 1. The van der Waals surface area contributed by atoms with Gasteiger partial charge < -0.3 is 15.2 Å². The highest BCUT2D eigenvalue weighted by Crippen LogP contribution is 2.39. The monoisotopic (exact) mass is 285 g/mol. The predicted molar refractivity (Wildman–Crippen MR) is 80.4 cm³/mol. The summed E-state index contributed by atoms with van der Waals surface area (Å²) in [6.45, 7) is 8.59. The van der Waals surface area contributed by atoms with Gasteiger partial charge in [-0.1, -0.05) is 20.8 Å². The Labute approximate surface area is 123 Å². The molecule has 20 heavy (non-hydrogen) atoms. The molecule has 1 aliphatic carbocycles. The van der Waals surface area contributed by atoms with Gasteiger partial charge in [0, 0.05) is 19.1 Å². The molecule has 0 radical (unpaired) electrons. The summed E-state index contributed by atoms with van der Waals surface area (Å²) in [7, 11) is 0. The Morgan fingerprint density at radius 1 is 1.20 bits per heavy atom. The van der Waals surface area contributed by atoms with Crippen molar-refractivity contribution in [1.29, 1.82) is 0 Å². The molecule has 0 bridgehead atoms. The van der Waals surface area contributed by atoms with Crippen LogP contribution in [0.3, 0.4) is 0 Å². The molecule has 0 aromatic heterocycles. The minimum Gasteiger partial charge on any atom is -0.394 e. The number of hydrogen-bond acceptors (Lipinski definition) is 3. The number of ether oxygens (including phenoxy) is 1. The highest BCUT2D eigenvalue weighted by Gasteiger charge is 2.32. The molecule has 1 rings (SSSR count). The van der Waals surface area contributed by atoms with Crippen LogP contribution in [0.15, 0.2) is 0 Å². The first-order valence-corrected chi connectivity index (χ1v) is 7.91. The second-order valence-corrected chi connectivity index (χ2v) is 6.90. The van der Waals surface area contributed by atoms with Gasteiger partial charge in [-0.2, -0.15) is 0 Å². The zero-order valence-corrected chi connectivity index (χ0v) is 13.3. The van der Waals surface area contributed by atoms with E-state index in [1.165, 1.54) is 12.8 Å². The Balaban J connectivity index is 2.13. The Morgan fingerprint density at radius 3 is 2.40 bits per heavy atom. The van der Waals surface area contributed by atoms with Crippen LogP contribution >= 0.6 is 0 Å². The third kappa shape index (κ3) is 6.23. The highest BCUT2D eigenvalue weighted by atomic mass is 16.5. The molecule has 1 amide bonds. The lowest BCUT2D eigenvalue weighted by molar-refractivity contribution is -0.126. The van der Waals surface area contributed by atoms with Gasteiger partial charge in [-0.25, -0.2) is 0 Å². The molecule has 0 unspecified atom stereocenters. The summed E-state index contributed by atoms with van der Waals surface area (Å²) in [4.78, 5) is 12.1. The molecule has 0 aliphatic heterocycles. The van der Waals surface area contributed by atoms with E-state index in [-0.39, 0.29) is 18.4 Å². The van der Waals surface area contributed by atoms with Crippen LogP contribution in [0.2, 0.25) is 0 Å². The molecule has 2 N–H and O–H groups in total. The zero-order chi connectivity index (χ0) is 15.0. The number of hydrogen-bond donors (Lipinski definition) is 2. The van der Waals surface area contributed by atoms with Gasteiger partial charge in [0.05, 0.1) is 13.2 Å². The second-order valence-electron chi connectivity index (χ2n) is 6.90. The number of nitrogens with one attached hydrogen (secondary N) is 1. The van der Waals surface area contributed by atoms with Gasteiger partial charge in [0.25, 0.3) is 0 Å². The quantitative estimate of drug-likeness (QED) is 0.706.